The molecule has 0 spiro atoms. The minimum Gasteiger partial charge on any atom is -0.481 e. The van der Waals surface area contributed by atoms with Crippen molar-refractivity contribution in [3.8, 4) is 0 Å². The van der Waals surface area contributed by atoms with E-state index in [1.807, 2.05) is 0 Å². The number of rotatable bonds is 4. The van der Waals surface area contributed by atoms with Gasteiger partial charge in [0.25, 0.3) is 0 Å². The van der Waals surface area contributed by atoms with Gasteiger partial charge in [0.15, 0.2) is 17.5 Å². The number of halogens is 3. The molecule has 1 aromatic rings. The van der Waals surface area contributed by atoms with Gasteiger partial charge in [-0.2, -0.15) is 0 Å². The van der Waals surface area contributed by atoms with E-state index in [-0.39, 0.29) is 24.0 Å². The maximum Gasteiger partial charge on any atom is 0.304 e. The van der Waals surface area contributed by atoms with Crippen molar-refractivity contribution in [1.82, 2.24) is 0 Å². The van der Waals surface area contributed by atoms with Gasteiger partial charge in [-0.3, -0.25) is 4.79 Å². The maximum absolute atomic E-state index is 13.4. The molecule has 3 N–H and O–H groups in total. The number of hydrogen-bond donors (Lipinski definition) is 2. The van der Waals surface area contributed by atoms with Crippen molar-refractivity contribution in [2.24, 2.45) is 5.73 Å². The lowest BCUT2D eigenvalue weighted by Gasteiger charge is -2.13. The summed E-state index contributed by atoms with van der Waals surface area (Å²) in [5.41, 5.74) is 5.59. The number of aryl methyl sites for hydroxylation is 1. The van der Waals surface area contributed by atoms with E-state index in [4.69, 9.17) is 10.8 Å². The molecule has 0 saturated heterocycles. The highest BCUT2D eigenvalue weighted by atomic mass is 19.2. The van der Waals surface area contributed by atoms with Crippen LogP contribution >= 0.6 is 0 Å². The van der Waals surface area contributed by atoms with Crippen molar-refractivity contribution in [3.05, 3.63) is 34.6 Å². The fourth-order valence-electron chi connectivity index (χ4n) is 1.56. The first kappa shape index (κ1) is 13.5. The predicted octanol–water partition coefficient (Wildman–Crippen LogP) is 1.76. The Balaban J connectivity index is 2.99. The van der Waals surface area contributed by atoms with E-state index in [0.717, 1.165) is 6.07 Å². The molecule has 0 amide bonds. The first-order valence-corrected chi connectivity index (χ1v) is 4.93. The van der Waals surface area contributed by atoms with Crippen LogP contribution in [-0.2, 0) is 11.2 Å². The van der Waals surface area contributed by atoms with Gasteiger partial charge in [-0.1, -0.05) is 0 Å². The zero-order valence-corrected chi connectivity index (χ0v) is 9.14. The summed E-state index contributed by atoms with van der Waals surface area (Å²) in [5.74, 6) is -5.26. The second kappa shape index (κ2) is 5.18. The molecule has 0 aliphatic heterocycles. The topological polar surface area (TPSA) is 63.3 Å². The predicted molar refractivity (Wildman–Crippen MR) is 55.0 cm³/mol. The number of carbonyl (C=O) groups is 1. The van der Waals surface area contributed by atoms with Gasteiger partial charge in [-0.15, -0.1) is 0 Å². The van der Waals surface area contributed by atoms with E-state index < -0.39 is 29.5 Å². The summed E-state index contributed by atoms with van der Waals surface area (Å²) in [4.78, 5) is 10.4. The SMILES string of the molecule is Cc1cc(F)c(F)c(F)c1C[C@@H](N)CC(=O)O. The third-order valence-corrected chi connectivity index (χ3v) is 2.39. The molecule has 0 unspecified atom stereocenters. The van der Waals surface area contributed by atoms with Crippen molar-refractivity contribution >= 4 is 5.97 Å². The quantitative estimate of drug-likeness (QED) is 0.797. The molecule has 0 aliphatic rings. The number of aliphatic carboxylic acids is 1. The summed E-state index contributed by atoms with van der Waals surface area (Å²) in [5, 5.41) is 8.49. The van der Waals surface area contributed by atoms with Crippen LogP contribution in [0, 0.1) is 24.4 Å². The summed E-state index contributed by atoms with van der Waals surface area (Å²) in [6, 6.07) is 0.0203. The summed E-state index contributed by atoms with van der Waals surface area (Å²) in [6.07, 6.45) is -0.515. The van der Waals surface area contributed by atoms with Crippen molar-refractivity contribution in [1.29, 1.82) is 0 Å². The van der Waals surface area contributed by atoms with Crippen LogP contribution in [0.25, 0.3) is 0 Å². The smallest absolute Gasteiger partial charge is 0.304 e. The van der Waals surface area contributed by atoms with Crippen LogP contribution in [-0.4, -0.2) is 17.1 Å². The van der Waals surface area contributed by atoms with Gasteiger partial charge in [0.1, 0.15) is 0 Å². The zero-order chi connectivity index (χ0) is 13.2. The van der Waals surface area contributed by atoms with Crippen LogP contribution in [0.2, 0.25) is 0 Å². The van der Waals surface area contributed by atoms with Crippen LogP contribution in [0.15, 0.2) is 6.07 Å². The standard InChI is InChI=1S/C11H12F3NO2/c1-5-2-8(12)11(14)10(13)7(5)3-6(15)4-9(16)17/h2,6H,3-4,15H2,1H3,(H,16,17)/t6-/m1/s1. The van der Waals surface area contributed by atoms with Gasteiger partial charge in [0.2, 0.25) is 0 Å². The van der Waals surface area contributed by atoms with E-state index in [1.165, 1.54) is 6.92 Å². The van der Waals surface area contributed by atoms with E-state index in [1.54, 1.807) is 0 Å². The van der Waals surface area contributed by atoms with E-state index in [2.05, 4.69) is 0 Å². The molecule has 1 rings (SSSR count). The Morgan fingerprint density at radius 3 is 2.53 bits per heavy atom. The normalized spacial score (nSPS) is 12.5. The fourth-order valence-corrected chi connectivity index (χ4v) is 1.56. The molecule has 1 atom stereocenters. The lowest BCUT2D eigenvalue weighted by molar-refractivity contribution is -0.137. The minimum atomic E-state index is -1.56. The molecule has 0 aromatic heterocycles. The average molecular weight is 247 g/mol. The lowest BCUT2D eigenvalue weighted by Crippen LogP contribution is -2.27. The number of nitrogens with two attached hydrogens (primary N) is 1. The summed E-state index contributed by atoms with van der Waals surface area (Å²) >= 11 is 0. The molecule has 3 nitrogen and oxygen atoms in total. The molecule has 1 aromatic carbocycles. The van der Waals surface area contributed by atoms with Crippen LogP contribution in [0.3, 0.4) is 0 Å². The number of benzene rings is 1. The van der Waals surface area contributed by atoms with Gasteiger partial charge < -0.3 is 10.8 Å². The minimum absolute atomic E-state index is 0.0855. The third kappa shape index (κ3) is 3.20. The third-order valence-electron chi connectivity index (χ3n) is 2.39. The van der Waals surface area contributed by atoms with Gasteiger partial charge >= 0.3 is 5.97 Å². The highest BCUT2D eigenvalue weighted by Crippen LogP contribution is 2.21. The second-order valence-electron chi connectivity index (χ2n) is 3.84. The second-order valence-corrected chi connectivity index (χ2v) is 3.84. The Morgan fingerprint density at radius 2 is 2.00 bits per heavy atom. The molecule has 6 heteroatoms. The first-order valence-electron chi connectivity index (χ1n) is 4.93. The molecule has 0 heterocycles. The average Bonchev–Trinajstić information content (AvgIpc) is 2.20. The molecular formula is C11H12F3NO2. The van der Waals surface area contributed by atoms with E-state index >= 15 is 0 Å². The Hall–Kier alpha value is -1.56. The molecule has 0 bridgehead atoms. The van der Waals surface area contributed by atoms with Crippen LogP contribution < -0.4 is 5.73 Å². The van der Waals surface area contributed by atoms with Crippen LogP contribution in [0.1, 0.15) is 17.5 Å². The van der Waals surface area contributed by atoms with Crippen LogP contribution in [0.4, 0.5) is 13.2 Å². The van der Waals surface area contributed by atoms with Crippen molar-refractivity contribution in [2.45, 2.75) is 25.8 Å². The monoisotopic (exact) mass is 247 g/mol. The van der Waals surface area contributed by atoms with Gasteiger partial charge in [-0.25, -0.2) is 13.2 Å². The number of hydrogen-bond acceptors (Lipinski definition) is 2. The van der Waals surface area contributed by atoms with E-state index in [0.29, 0.717) is 0 Å². The Labute approximate surface area is 96.0 Å². The lowest BCUT2D eigenvalue weighted by atomic mass is 9.98. The van der Waals surface area contributed by atoms with E-state index in [9.17, 15) is 18.0 Å². The highest BCUT2D eigenvalue weighted by molar-refractivity contribution is 5.67. The van der Waals surface area contributed by atoms with Gasteiger partial charge in [0, 0.05) is 6.04 Å². The largest absolute Gasteiger partial charge is 0.481 e. The first-order chi connectivity index (χ1) is 7.82. The van der Waals surface area contributed by atoms with Gasteiger partial charge in [0.05, 0.1) is 6.42 Å². The highest BCUT2D eigenvalue weighted by Gasteiger charge is 2.19. The maximum atomic E-state index is 13.4. The molecule has 0 radical (unpaired) electrons. The van der Waals surface area contributed by atoms with Crippen molar-refractivity contribution in [3.63, 3.8) is 0 Å². The molecule has 0 fully saturated rings. The Morgan fingerprint density at radius 1 is 1.41 bits per heavy atom. The molecular weight excluding hydrogens is 235 g/mol. The van der Waals surface area contributed by atoms with Crippen molar-refractivity contribution in [2.75, 3.05) is 0 Å². The number of carboxylic acids is 1. The Bertz CT molecular complexity index is 449. The summed E-state index contributed by atoms with van der Waals surface area (Å²) in [7, 11) is 0. The molecule has 0 saturated carbocycles. The summed E-state index contributed by atoms with van der Waals surface area (Å²) < 4.78 is 39.2. The molecule has 0 aliphatic carbocycles. The fraction of sp³-hybridized carbons (Fsp3) is 0.364. The van der Waals surface area contributed by atoms with Gasteiger partial charge in [-0.05, 0) is 30.5 Å². The van der Waals surface area contributed by atoms with Crippen LogP contribution in [0.5, 0.6) is 0 Å². The Kier molecular flexibility index (Phi) is 4.11. The zero-order valence-electron chi connectivity index (χ0n) is 9.14. The molecule has 17 heavy (non-hydrogen) atoms. The van der Waals surface area contributed by atoms with Crippen molar-refractivity contribution < 1.29 is 23.1 Å². The molecule has 94 valence electrons. The number of carboxylic acid groups (broad SMARTS) is 1. The summed E-state index contributed by atoms with van der Waals surface area (Å²) in [6.45, 7) is 1.41.